The quantitative estimate of drug-likeness (QED) is 0.825. The van der Waals surface area contributed by atoms with Crippen LogP contribution < -0.4 is 15.2 Å². The highest BCUT2D eigenvalue weighted by molar-refractivity contribution is 5.47. The number of hydrogen-bond donors (Lipinski definition) is 1. The van der Waals surface area contributed by atoms with Crippen molar-refractivity contribution in [3.63, 3.8) is 0 Å². The van der Waals surface area contributed by atoms with Crippen LogP contribution in [0.2, 0.25) is 0 Å². The van der Waals surface area contributed by atoms with Gasteiger partial charge in [-0.1, -0.05) is 6.92 Å². The molecular weight excluding hydrogens is 190 g/mol. The third kappa shape index (κ3) is 2.42. The summed E-state index contributed by atoms with van der Waals surface area (Å²) in [5.41, 5.74) is 7.90. The van der Waals surface area contributed by atoms with E-state index in [2.05, 4.69) is 13.0 Å². The lowest BCUT2D eigenvalue weighted by atomic mass is 9.98. The zero-order chi connectivity index (χ0) is 11.4. The van der Waals surface area contributed by atoms with Crippen molar-refractivity contribution in [3.05, 3.63) is 23.3 Å². The highest BCUT2D eigenvalue weighted by Gasteiger charge is 2.13. The van der Waals surface area contributed by atoms with Gasteiger partial charge in [-0.3, -0.25) is 0 Å². The standard InChI is InChI=1S/C12H19NO2/c1-8-5-10(9(2)7-13)12(15-4)6-11(8)14-3/h5-6,9H,7,13H2,1-4H3. The summed E-state index contributed by atoms with van der Waals surface area (Å²) in [5, 5.41) is 0. The predicted molar refractivity (Wildman–Crippen MR) is 61.8 cm³/mol. The molecule has 84 valence electrons. The number of nitrogens with two attached hydrogens (primary N) is 1. The van der Waals surface area contributed by atoms with Crippen LogP contribution in [-0.4, -0.2) is 20.8 Å². The molecule has 0 aliphatic rings. The molecule has 0 spiro atoms. The lowest BCUT2D eigenvalue weighted by Gasteiger charge is -2.16. The molecule has 0 aliphatic heterocycles. The topological polar surface area (TPSA) is 44.5 Å². The van der Waals surface area contributed by atoms with Crippen molar-refractivity contribution >= 4 is 0 Å². The summed E-state index contributed by atoms with van der Waals surface area (Å²) in [4.78, 5) is 0. The van der Waals surface area contributed by atoms with Crippen LogP contribution in [0.3, 0.4) is 0 Å². The summed E-state index contributed by atoms with van der Waals surface area (Å²) in [6.45, 7) is 4.72. The Labute approximate surface area is 91.2 Å². The van der Waals surface area contributed by atoms with Crippen LogP contribution in [0.25, 0.3) is 0 Å². The van der Waals surface area contributed by atoms with Gasteiger partial charge in [0.05, 0.1) is 14.2 Å². The van der Waals surface area contributed by atoms with E-state index < -0.39 is 0 Å². The molecule has 0 radical (unpaired) electrons. The largest absolute Gasteiger partial charge is 0.496 e. The smallest absolute Gasteiger partial charge is 0.126 e. The third-order valence-corrected chi connectivity index (χ3v) is 2.63. The Balaban J connectivity index is 3.21. The van der Waals surface area contributed by atoms with Gasteiger partial charge < -0.3 is 15.2 Å². The lowest BCUT2D eigenvalue weighted by molar-refractivity contribution is 0.387. The number of rotatable bonds is 4. The third-order valence-electron chi connectivity index (χ3n) is 2.63. The summed E-state index contributed by atoms with van der Waals surface area (Å²) in [5.74, 6) is 1.99. The van der Waals surface area contributed by atoms with Gasteiger partial charge in [0.25, 0.3) is 0 Å². The highest BCUT2D eigenvalue weighted by atomic mass is 16.5. The minimum atomic E-state index is 0.296. The Bertz CT molecular complexity index is 337. The van der Waals surface area contributed by atoms with Crippen molar-refractivity contribution in [2.45, 2.75) is 19.8 Å². The molecule has 0 heterocycles. The molecule has 0 saturated carbocycles. The molecule has 1 rings (SSSR count). The first-order valence-electron chi connectivity index (χ1n) is 5.06. The van der Waals surface area contributed by atoms with E-state index >= 15 is 0 Å². The minimum absolute atomic E-state index is 0.296. The monoisotopic (exact) mass is 209 g/mol. The van der Waals surface area contributed by atoms with E-state index in [-0.39, 0.29) is 0 Å². The Hall–Kier alpha value is -1.22. The molecule has 1 unspecified atom stereocenters. The van der Waals surface area contributed by atoms with Crippen molar-refractivity contribution in [1.29, 1.82) is 0 Å². The first-order chi connectivity index (χ1) is 7.13. The van der Waals surface area contributed by atoms with E-state index in [9.17, 15) is 0 Å². The summed E-state index contributed by atoms with van der Waals surface area (Å²) in [6.07, 6.45) is 0. The van der Waals surface area contributed by atoms with E-state index in [1.54, 1.807) is 14.2 Å². The van der Waals surface area contributed by atoms with Crippen molar-refractivity contribution in [2.24, 2.45) is 5.73 Å². The van der Waals surface area contributed by atoms with Crippen LogP contribution in [0.15, 0.2) is 12.1 Å². The maximum Gasteiger partial charge on any atom is 0.126 e. The fourth-order valence-electron chi connectivity index (χ4n) is 1.60. The molecule has 0 aliphatic carbocycles. The average Bonchev–Trinajstić information content (AvgIpc) is 2.27. The molecule has 3 nitrogen and oxygen atoms in total. The zero-order valence-electron chi connectivity index (χ0n) is 9.83. The molecule has 1 aromatic carbocycles. The summed E-state index contributed by atoms with van der Waals surface area (Å²) < 4.78 is 10.6. The second-order valence-corrected chi connectivity index (χ2v) is 3.70. The van der Waals surface area contributed by atoms with E-state index in [4.69, 9.17) is 15.2 Å². The lowest BCUT2D eigenvalue weighted by Crippen LogP contribution is -2.10. The SMILES string of the molecule is COc1cc(OC)c(C(C)CN)cc1C. The van der Waals surface area contributed by atoms with Crippen molar-refractivity contribution < 1.29 is 9.47 Å². The van der Waals surface area contributed by atoms with Gasteiger partial charge in [-0.15, -0.1) is 0 Å². The zero-order valence-corrected chi connectivity index (χ0v) is 9.83. The second kappa shape index (κ2) is 5.03. The van der Waals surface area contributed by atoms with Gasteiger partial charge in [-0.05, 0) is 36.6 Å². The predicted octanol–water partition coefficient (Wildman–Crippen LogP) is 2.07. The number of hydrogen-bond acceptors (Lipinski definition) is 3. The van der Waals surface area contributed by atoms with Crippen LogP contribution in [0.5, 0.6) is 11.5 Å². The molecule has 0 saturated heterocycles. The number of ether oxygens (including phenoxy) is 2. The van der Waals surface area contributed by atoms with Crippen LogP contribution >= 0.6 is 0 Å². The summed E-state index contributed by atoms with van der Waals surface area (Å²) in [7, 11) is 3.32. The maximum atomic E-state index is 5.66. The van der Waals surface area contributed by atoms with Gasteiger partial charge in [0, 0.05) is 6.07 Å². The van der Waals surface area contributed by atoms with E-state index in [0.29, 0.717) is 12.5 Å². The molecule has 1 aromatic rings. The molecular formula is C12H19NO2. The molecule has 0 fully saturated rings. The van der Waals surface area contributed by atoms with Crippen molar-refractivity contribution in [3.8, 4) is 11.5 Å². The van der Waals surface area contributed by atoms with E-state index in [1.165, 1.54) is 0 Å². The van der Waals surface area contributed by atoms with E-state index in [1.807, 2.05) is 13.0 Å². The Morgan fingerprint density at radius 3 is 2.27 bits per heavy atom. The number of benzene rings is 1. The minimum Gasteiger partial charge on any atom is -0.496 e. The number of methoxy groups -OCH3 is 2. The van der Waals surface area contributed by atoms with E-state index in [0.717, 1.165) is 22.6 Å². The summed E-state index contributed by atoms with van der Waals surface area (Å²) >= 11 is 0. The Morgan fingerprint density at radius 1 is 1.20 bits per heavy atom. The number of aryl methyl sites for hydroxylation is 1. The molecule has 0 aromatic heterocycles. The van der Waals surface area contributed by atoms with Crippen LogP contribution in [0.4, 0.5) is 0 Å². The molecule has 0 bridgehead atoms. The fraction of sp³-hybridized carbons (Fsp3) is 0.500. The molecule has 2 N–H and O–H groups in total. The Kier molecular flexibility index (Phi) is 3.97. The van der Waals surface area contributed by atoms with Gasteiger partial charge in [-0.25, -0.2) is 0 Å². The molecule has 1 atom stereocenters. The highest BCUT2D eigenvalue weighted by Crippen LogP contribution is 2.32. The van der Waals surface area contributed by atoms with Gasteiger partial charge in [0.1, 0.15) is 11.5 Å². The van der Waals surface area contributed by atoms with Gasteiger partial charge in [0.2, 0.25) is 0 Å². The fourth-order valence-corrected chi connectivity index (χ4v) is 1.60. The van der Waals surface area contributed by atoms with Crippen molar-refractivity contribution in [2.75, 3.05) is 20.8 Å². The normalized spacial score (nSPS) is 12.3. The van der Waals surface area contributed by atoms with Crippen molar-refractivity contribution in [1.82, 2.24) is 0 Å². The average molecular weight is 209 g/mol. The van der Waals surface area contributed by atoms with Gasteiger partial charge in [0.15, 0.2) is 0 Å². The molecule has 0 amide bonds. The first kappa shape index (κ1) is 11.9. The van der Waals surface area contributed by atoms with Gasteiger partial charge >= 0.3 is 0 Å². The first-order valence-corrected chi connectivity index (χ1v) is 5.06. The maximum absolute atomic E-state index is 5.66. The van der Waals surface area contributed by atoms with Crippen LogP contribution in [-0.2, 0) is 0 Å². The van der Waals surface area contributed by atoms with Crippen LogP contribution in [0.1, 0.15) is 24.0 Å². The van der Waals surface area contributed by atoms with Crippen LogP contribution in [0, 0.1) is 6.92 Å². The Morgan fingerprint density at radius 2 is 1.80 bits per heavy atom. The second-order valence-electron chi connectivity index (χ2n) is 3.70. The molecule has 15 heavy (non-hydrogen) atoms. The van der Waals surface area contributed by atoms with Gasteiger partial charge in [-0.2, -0.15) is 0 Å². The summed E-state index contributed by atoms with van der Waals surface area (Å²) in [6, 6.07) is 3.99. The molecule has 3 heteroatoms.